The van der Waals surface area contributed by atoms with E-state index in [0.717, 1.165) is 15.9 Å². The quantitative estimate of drug-likeness (QED) is 0.251. The molecule has 2 aromatic carbocycles. The normalized spacial score (nSPS) is 18.2. The molecule has 9 nitrogen and oxygen atoms in total. The molecule has 4 aromatic rings. The van der Waals surface area contributed by atoms with Crippen molar-refractivity contribution in [1.29, 1.82) is 0 Å². The number of anilines is 4. The molecule has 1 aliphatic carbocycles. The summed E-state index contributed by atoms with van der Waals surface area (Å²) >= 11 is 1.55. The Kier molecular flexibility index (Phi) is 7.65. The lowest BCUT2D eigenvalue weighted by Crippen LogP contribution is -2.45. The van der Waals surface area contributed by atoms with Crippen LogP contribution in [-0.2, 0) is 0 Å². The van der Waals surface area contributed by atoms with Gasteiger partial charge in [0.1, 0.15) is 12.0 Å². The number of aliphatic hydroxyl groups is 1. The predicted octanol–water partition coefficient (Wildman–Crippen LogP) is 4.51. The van der Waals surface area contributed by atoms with Crippen LogP contribution in [0.1, 0.15) is 40.5 Å². The standard InChI is InChI=1S/C21H18N6O2S.C5H9FO/c1-23-21(29)12-2-4-13(5-3-12)26-17-9-19(24-10-15(17)20(22)28)27-14-6-7-16-18(8-14)30-11-25-16;1-5(7)3-2-4(5)6/h2-11H,1H3,(H2,22,28)(H,23,29)(H2,24,26,27);4,7H,2-3H2,1H3/t;4-,5?/m.1/s1. The van der Waals surface area contributed by atoms with Crippen molar-refractivity contribution in [2.24, 2.45) is 5.73 Å². The number of benzene rings is 2. The molecule has 0 radical (unpaired) electrons. The van der Waals surface area contributed by atoms with E-state index in [1.807, 2.05) is 18.2 Å². The summed E-state index contributed by atoms with van der Waals surface area (Å²) in [5.74, 6) is -0.217. The van der Waals surface area contributed by atoms with Crippen LogP contribution in [0.4, 0.5) is 27.3 Å². The third kappa shape index (κ3) is 6.19. The molecule has 1 aliphatic rings. The Balaban J connectivity index is 0.000000396. The summed E-state index contributed by atoms with van der Waals surface area (Å²) in [4.78, 5) is 32.1. The van der Waals surface area contributed by atoms with Crippen LogP contribution in [0.5, 0.6) is 0 Å². The predicted molar refractivity (Wildman–Crippen MR) is 144 cm³/mol. The largest absolute Gasteiger partial charge is 0.387 e. The van der Waals surface area contributed by atoms with Gasteiger partial charge in [0, 0.05) is 36.2 Å². The summed E-state index contributed by atoms with van der Waals surface area (Å²) in [6.07, 6.45) is 1.62. The number of primary amides is 1. The van der Waals surface area contributed by atoms with E-state index in [1.54, 1.807) is 54.2 Å². The number of carbonyl (C=O) groups excluding carboxylic acids is 2. The first-order valence-corrected chi connectivity index (χ1v) is 12.4. The number of amides is 2. The van der Waals surface area contributed by atoms with Crippen LogP contribution in [-0.4, -0.2) is 45.7 Å². The Bertz CT molecular complexity index is 1420. The van der Waals surface area contributed by atoms with Crippen molar-refractivity contribution < 1.29 is 19.1 Å². The molecule has 0 saturated heterocycles. The number of nitrogens with zero attached hydrogens (tertiary/aromatic N) is 2. The number of halogens is 1. The Labute approximate surface area is 216 Å². The average molecular weight is 523 g/mol. The topological polar surface area (TPSA) is 142 Å². The number of nitrogens with two attached hydrogens (primary N) is 1. The molecule has 192 valence electrons. The highest BCUT2D eigenvalue weighted by atomic mass is 32.1. The van der Waals surface area contributed by atoms with E-state index in [-0.39, 0.29) is 11.5 Å². The smallest absolute Gasteiger partial charge is 0.252 e. The number of hydrogen-bond acceptors (Lipinski definition) is 8. The van der Waals surface area contributed by atoms with Crippen molar-refractivity contribution in [2.45, 2.75) is 31.5 Å². The maximum Gasteiger partial charge on any atom is 0.252 e. The molecule has 2 atom stereocenters. The molecule has 0 aliphatic heterocycles. The van der Waals surface area contributed by atoms with E-state index < -0.39 is 17.7 Å². The monoisotopic (exact) mass is 522 g/mol. The van der Waals surface area contributed by atoms with Crippen molar-refractivity contribution in [3.8, 4) is 0 Å². The minimum Gasteiger partial charge on any atom is -0.387 e. The lowest BCUT2D eigenvalue weighted by atomic mass is 9.80. The van der Waals surface area contributed by atoms with Crippen LogP contribution < -0.4 is 21.7 Å². The van der Waals surface area contributed by atoms with Crippen molar-refractivity contribution in [3.05, 3.63) is 71.4 Å². The van der Waals surface area contributed by atoms with Gasteiger partial charge < -0.3 is 26.8 Å². The first-order valence-electron chi connectivity index (χ1n) is 11.5. The fourth-order valence-electron chi connectivity index (χ4n) is 3.58. The molecule has 1 unspecified atom stereocenters. The number of rotatable bonds is 6. The van der Waals surface area contributed by atoms with Crippen LogP contribution >= 0.6 is 11.3 Å². The van der Waals surface area contributed by atoms with Gasteiger partial charge in [0.15, 0.2) is 0 Å². The minimum absolute atomic E-state index is 0.173. The van der Waals surface area contributed by atoms with E-state index in [1.165, 1.54) is 13.1 Å². The van der Waals surface area contributed by atoms with Crippen molar-refractivity contribution in [3.63, 3.8) is 0 Å². The SMILES string of the molecule is CC1(O)CC[C@H]1F.CNC(=O)c1ccc(Nc2cc(Nc3ccc4ncsc4c3)ncc2C(N)=O)cc1. The van der Waals surface area contributed by atoms with Gasteiger partial charge in [-0.15, -0.1) is 11.3 Å². The Morgan fingerprint density at radius 2 is 1.81 bits per heavy atom. The van der Waals surface area contributed by atoms with Crippen molar-refractivity contribution in [1.82, 2.24) is 15.3 Å². The van der Waals surface area contributed by atoms with Gasteiger partial charge in [-0.1, -0.05) is 0 Å². The lowest BCUT2D eigenvalue weighted by Gasteiger charge is -2.36. The Morgan fingerprint density at radius 3 is 2.41 bits per heavy atom. The van der Waals surface area contributed by atoms with Gasteiger partial charge in [0.25, 0.3) is 11.8 Å². The average Bonchev–Trinajstić information content (AvgIpc) is 3.36. The molecule has 2 amide bonds. The summed E-state index contributed by atoms with van der Waals surface area (Å²) in [5.41, 5.74) is 10.1. The zero-order valence-corrected chi connectivity index (χ0v) is 21.1. The third-order valence-corrected chi connectivity index (χ3v) is 6.80. The van der Waals surface area contributed by atoms with Crippen LogP contribution in [0.15, 0.2) is 60.2 Å². The number of pyridine rings is 1. The number of nitrogens with one attached hydrogen (secondary N) is 3. The second-order valence-corrected chi connectivity index (χ2v) is 9.67. The molecule has 5 rings (SSSR count). The molecule has 37 heavy (non-hydrogen) atoms. The molecule has 11 heteroatoms. The van der Waals surface area contributed by atoms with E-state index >= 15 is 0 Å². The number of alkyl halides is 1. The molecule has 2 aromatic heterocycles. The van der Waals surface area contributed by atoms with E-state index in [9.17, 15) is 14.0 Å². The number of aromatic nitrogens is 2. The van der Waals surface area contributed by atoms with Gasteiger partial charge >= 0.3 is 0 Å². The summed E-state index contributed by atoms with van der Waals surface area (Å²) in [7, 11) is 1.58. The van der Waals surface area contributed by atoms with Crippen LogP contribution in [0, 0.1) is 0 Å². The van der Waals surface area contributed by atoms with Crippen LogP contribution in [0.25, 0.3) is 10.2 Å². The Morgan fingerprint density at radius 1 is 1.11 bits per heavy atom. The van der Waals surface area contributed by atoms with E-state index in [0.29, 0.717) is 35.6 Å². The molecule has 1 saturated carbocycles. The summed E-state index contributed by atoms with van der Waals surface area (Å²) in [6.45, 7) is 1.53. The summed E-state index contributed by atoms with van der Waals surface area (Å²) in [5, 5.41) is 17.8. The highest BCUT2D eigenvalue weighted by Gasteiger charge is 2.41. The number of hydrogen-bond donors (Lipinski definition) is 5. The van der Waals surface area contributed by atoms with Gasteiger partial charge in [-0.25, -0.2) is 14.4 Å². The van der Waals surface area contributed by atoms with Gasteiger partial charge in [-0.2, -0.15) is 0 Å². The fraction of sp³-hybridized carbons (Fsp3) is 0.231. The van der Waals surface area contributed by atoms with Gasteiger partial charge in [-0.05, 0) is 62.2 Å². The lowest BCUT2D eigenvalue weighted by molar-refractivity contribution is -0.0919. The molecule has 0 spiro atoms. The van der Waals surface area contributed by atoms with Gasteiger partial charge in [0.05, 0.1) is 32.6 Å². The van der Waals surface area contributed by atoms with Crippen molar-refractivity contribution in [2.75, 3.05) is 17.7 Å². The molecule has 1 fully saturated rings. The maximum absolute atomic E-state index is 12.0. The molecule has 0 bridgehead atoms. The summed E-state index contributed by atoms with van der Waals surface area (Å²) in [6, 6.07) is 14.4. The van der Waals surface area contributed by atoms with Crippen molar-refractivity contribution >= 4 is 56.2 Å². The van der Waals surface area contributed by atoms with Crippen LogP contribution in [0.3, 0.4) is 0 Å². The third-order valence-electron chi connectivity index (χ3n) is 6.00. The molecular weight excluding hydrogens is 495 g/mol. The highest BCUT2D eigenvalue weighted by molar-refractivity contribution is 7.16. The first kappa shape index (κ1) is 26.0. The number of fused-ring (bicyclic) bond motifs is 1. The van der Waals surface area contributed by atoms with E-state index in [2.05, 4.69) is 25.9 Å². The second kappa shape index (κ2) is 10.9. The van der Waals surface area contributed by atoms with Gasteiger partial charge in [0.2, 0.25) is 0 Å². The maximum atomic E-state index is 12.0. The zero-order chi connectivity index (χ0) is 26.6. The number of carbonyl (C=O) groups is 2. The highest BCUT2D eigenvalue weighted by Crippen LogP contribution is 2.33. The zero-order valence-electron chi connectivity index (χ0n) is 20.3. The molecule has 6 N–H and O–H groups in total. The van der Waals surface area contributed by atoms with E-state index in [4.69, 9.17) is 10.8 Å². The Hall–Kier alpha value is -4.09. The molecular formula is C26H27FN6O3S. The van der Waals surface area contributed by atoms with Gasteiger partial charge in [-0.3, -0.25) is 9.59 Å². The summed E-state index contributed by atoms with van der Waals surface area (Å²) < 4.78 is 13.1. The molecule has 2 heterocycles. The van der Waals surface area contributed by atoms with Crippen LogP contribution in [0.2, 0.25) is 0 Å². The first-order chi connectivity index (χ1) is 17.7. The number of thiazole rings is 1. The minimum atomic E-state index is -0.986. The second-order valence-electron chi connectivity index (χ2n) is 8.78. The fourth-order valence-corrected chi connectivity index (χ4v) is 4.30.